The summed E-state index contributed by atoms with van der Waals surface area (Å²) in [4.78, 5) is 8.63. The SMILES string of the molecule is CCCCCC[C@@H](F)COc1ccc(-c2ncc(OCCCCCCCC3CCCC3)cn2)cc1F. The van der Waals surface area contributed by atoms with Crippen LogP contribution in [0.25, 0.3) is 11.4 Å². The molecule has 1 aromatic carbocycles. The minimum atomic E-state index is -1.08. The highest BCUT2D eigenvalue weighted by Crippen LogP contribution is 2.29. The zero-order chi connectivity index (χ0) is 25.4. The molecule has 6 heteroatoms. The van der Waals surface area contributed by atoms with E-state index < -0.39 is 12.0 Å². The average molecular weight is 503 g/mol. The number of alkyl halides is 1. The van der Waals surface area contributed by atoms with Crippen LogP contribution in [0.2, 0.25) is 0 Å². The number of benzene rings is 1. The molecule has 0 amide bonds. The summed E-state index contributed by atoms with van der Waals surface area (Å²) < 4.78 is 39.6. The van der Waals surface area contributed by atoms with E-state index in [0.717, 1.165) is 38.0 Å². The van der Waals surface area contributed by atoms with Crippen LogP contribution in [0.4, 0.5) is 8.78 Å². The predicted molar refractivity (Wildman–Crippen MR) is 142 cm³/mol. The molecule has 1 aliphatic rings. The molecule has 0 bridgehead atoms. The van der Waals surface area contributed by atoms with Crippen LogP contribution in [0.5, 0.6) is 11.5 Å². The first-order valence-electron chi connectivity index (χ1n) is 14.2. The lowest BCUT2D eigenvalue weighted by Crippen LogP contribution is -2.13. The quantitative estimate of drug-likeness (QED) is 0.191. The van der Waals surface area contributed by atoms with Gasteiger partial charge in [0.2, 0.25) is 0 Å². The van der Waals surface area contributed by atoms with Crippen LogP contribution in [-0.4, -0.2) is 29.4 Å². The first-order chi connectivity index (χ1) is 17.7. The topological polar surface area (TPSA) is 44.2 Å². The van der Waals surface area contributed by atoms with Gasteiger partial charge in [-0.05, 0) is 37.0 Å². The molecule has 1 atom stereocenters. The lowest BCUT2D eigenvalue weighted by Gasteiger charge is -2.12. The van der Waals surface area contributed by atoms with Gasteiger partial charge >= 0.3 is 0 Å². The summed E-state index contributed by atoms with van der Waals surface area (Å²) in [7, 11) is 0. The predicted octanol–water partition coefficient (Wildman–Crippen LogP) is 8.88. The molecule has 1 aliphatic carbocycles. The van der Waals surface area contributed by atoms with E-state index in [1.54, 1.807) is 18.5 Å². The Labute approximate surface area is 216 Å². The van der Waals surface area contributed by atoms with E-state index in [1.807, 2.05) is 0 Å². The maximum Gasteiger partial charge on any atom is 0.165 e. The second-order valence-corrected chi connectivity index (χ2v) is 10.2. The van der Waals surface area contributed by atoms with Gasteiger partial charge in [-0.3, -0.25) is 0 Å². The number of ether oxygens (including phenoxy) is 2. The number of hydrogen-bond donors (Lipinski definition) is 0. The van der Waals surface area contributed by atoms with Crippen LogP contribution >= 0.6 is 0 Å². The highest BCUT2D eigenvalue weighted by Gasteiger charge is 2.14. The van der Waals surface area contributed by atoms with Crippen LogP contribution in [-0.2, 0) is 0 Å². The van der Waals surface area contributed by atoms with E-state index in [-0.39, 0.29) is 12.4 Å². The van der Waals surface area contributed by atoms with Crippen molar-refractivity contribution in [2.75, 3.05) is 13.2 Å². The van der Waals surface area contributed by atoms with Crippen molar-refractivity contribution in [1.29, 1.82) is 0 Å². The van der Waals surface area contributed by atoms with E-state index in [0.29, 0.717) is 30.2 Å². The molecule has 1 aromatic heterocycles. The maximum absolute atomic E-state index is 14.5. The third-order valence-electron chi connectivity index (χ3n) is 7.11. The third kappa shape index (κ3) is 10.4. The zero-order valence-corrected chi connectivity index (χ0v) is 22.0. The van der Waals surface area contributed by atoms with Crippen molar-refractivity contribution in [2.24, 2.45) is 5.92 Å². The summed E-state index contributed by atoms with van der Waals surface area (Å²) in [6.07, 6.45) is 20.0. The summed E-state index contributed by atoms with van der Waals surface area (Å²) in [6, 6.07) is 4.53. The van der Waals surface area contributed by atoms with Gasteiger partial charge < -0.3 is 9.47 Å². The normalized spacial score (nSPS) is 14.8. The molecule has 0 unspecified atom stereocenters. The molecule has 200 valence electrons. The zero-order valence-electron chi connectivity index (χ0n) is 22.0. The van der Waals surface area contributed by atoms with Gasteiger partial charge in [-0.15, -0.1) is 0 Å². The van der Waals surface area contributed by atoms with E-state index >= 15 is 0 Å². The Bertz CT molecular complexity index is 857. The van der Waals surface area contributed by atoms with Crippen LogP contribution in [0.3, 0.4) is 0 Å². The van der Waals surface area contributed by atoms with Crippen molar-refractivity contribution in [3.63, 3.8) is 0 Å². The highest BCUT2D eigenvalue weighted by atomic mass is 19.1. The Kier molecular flexibility index (Phi) is 13.0. The van der Waals surface area contributed by atoms with Gasteiger partial charge in [0.1, 0.15) is 12.8 Å². The molecule has 3 rings (SSSR count). The molecule has 2 aromatic rings. The van der Waals surface area contributed by atoms with E-state index in [2.05, 4.69) is 16.9 Å². The van der Waals surface area contributed by atoms with Gasteiger partial charge in [0.05, 0.1) is 19.0 Å². The van der Waals surface area contributed by atoms with Crippen molar-refractivity contribution in [3.8, 4) is 22.9 Å². The largest absolute Gasteiger partial charge is 0.490 e. The fourth-order valence-electron chi connectivity index (χ4n) is 4.91. The highest BCUT2D eigenvalue weighted by molar-refractivity contribution is 5.56. The molecule has 1 heterocycles. The minimum Gasteiger partial charge on any atom is -0.490 e. The molecule has 0 aliphatic heterocycles. The summed E-state index contributed by atoms with van der Waals surface area (Å²) >= 11 is 0. The van der Waals surface area contributed by atoms with Crippen molar-refractivity contribution in [2.45, 2.75) is 109 Å². The van der Waals surface area contributed by atoms with E-state index in [1.165, 1.54) is 69.9 Å². The Morgan fingerprint density at radius 1 is 0.917 bits per heavy atom. The van der Waals surface area contributed by atoms with Gasteiger partial charge in [0.25, 0.3) is 0 Å². The third-order valence-corrected chi connectivity index (χ3v) is 7.11. The smallest absolute Gasteiger partial charge is 0.165 e. The number of hydrogen-bond acceptors (Lipinski definition) is 4. The first kappa shape index (κ1) is 28.3. The Morgan fingerprint density at radius 3 is 2.39 bits per heavy atom. The van der Waals surface area contributed by atoms with E-state index in [4.69, 9.17) is 9.47 Å². The lowest BCUT2D eigenvalue weighted by atomic mass is 9.99. The van der Waals surface area contributed by atoms with E-state index in [9.17, 15) is 8.78 Å². The molecule has 36 heavy (non-hydrogen) atoms. The second-order valence-electron chi connectivity index (χ2n) is 10.2. The Morgan fingerprint density at radius 2 is 1.64 bits per heavy atom. The number of rotatable bonds is 18. The van der Waals surface area contributed by atoms with Crippen molar-refractivity contribution in [1.82, 2.24) is 9.97 Å². The van der Waals surface area contributed by atoms with Crippen molar-refractivity contribution in [3.05, 3.63) is 36.4 Å². The van der Waals surface area contributed by atoms with Gasteiger partial charge in [0.15, 0.2) is 23.1 Å². The first-order valence-corrected chi connectivity index (χ1v) is 14.2. The number of nitrogens with zero attached hydrogens (tertiary/aromatic N) is 2. The molecule has 0 saturated heterocycles. The van der Waals surface area contributed by atoms with Crippen LogP contribution < -0.4 is 9.47 Å². The molecule has 0 radical (unpaired) electrons. The summed E-state index contributed by atoms with van der Waals surface area (Å²) in [5.74, 6) is 1.53. The molecular weight excluding hydrogens is 458 g/mol. The summed E-state index contributed by atoms with van der Waals surface area (Å²) in [6.45, 7) is 2.64. The monoisotopic (exact) mass is 502 g/mol. The van der Waals surface area contributed by atoms with Crippen molar-refractivity contribution >= 4 is 0 Å². The molecule has 1 fully saturated rings. The van der Waals surface area contributed by atoms with Crippen LogP contribution in [0.1, 0.15) is 103 Å². The second kappa shape index (κ2) is 16.5. The van der Waals surface area contributed by atoms with Crippen molar-refractivity contribution < 1.29 is 18.3 Å². The number of unbranched alkanes of at least 4 members (excludes halogenated alkanes) is 7. The fourth-order valence-corrected chi connectivity index (χ4v) is 4.91. The van der Waals surface area contributed by atoms with Crippen LogP contribution in [0.15, 0.2) is 30.6 Å². The lowest BCUT2D eigenvalue weighted by molar-refractivity contribution is 0.179. The maximum atomic E-state index is 14.5. The van der Waals surface area contributed by atoms with Crippen LogP contribution in [0, 0.1) is 11.7 Å². The number of aromatic nitrogens is 2. The molecule has 0 spiro atoms. The fraction of sp³-hybridized carbons (Fsp3) is 0.667. The average Bonchev–Trinajstić information content (AvgIpc) is 3.41. The van der Waals surface area contributed by atoms with Gasteiger partial charge in [-0.1, -0.05) is 90.4 Å². The summed E-state index contributed by atoms with van der Waals surface area (Å²) in [5, 5.41) is 0. The molecule has 4 nitrogen and oxygen atoms in total. The van der Waals surface area contributed by atoms with Gasteiger partial charge in [0, 0.05) is 5.56 Å². The Balaban J connectivity index is 1.32. The standard InChI is InChI=1S/C30H44F2N2O2/c1-2-3-4-9-16-26(31)23-36-29-18-17-25(20-28(29)32)30-33-21-27(22-34-30)35-19-12-7-5-6-8-13-24-14-10-11-15-24/h17-18,20-22,24,26H,2-16,19,23H2,1H3/t26-/m1/s1. The van der Waals surface area contributed by atoms with Gasteiger partial charge in [-0.25, -0.2) is 18.7 Å². The minimum absolute atomic E-state index is 0.0495. The molecule has 0 N–H and O–H groups in total. The Hall–Kier alpha value is -2.24. The molecule has 1 saturated carbocycles. The summed E-state index contributed by atoms with van der Waals surface area (Å²) in [5.41, 5.74) is 0.542. The number of halogens is 2. The molecular formula is C30H44F2N2O2. The van der Waals surface area contributed by atoms with Gasteiger partial charge in [-0.2, -0.15) is 0 Å².